The zero-order chi connectivity index (χ0) is 21.3. The second-order valence-corrected chi connectivity index (χ2v) is 7.68. The van der Waals surface area contributed by atoms with E-state index in [1.165, 1.54) is 0 Å². The molecule has 2 aromatic carbocycles. The Morgan fingerprint density at radius 3 is 2.60 bits per heavy atom. The number of morpholine rings is 1. The second-order valence-electron chi connectivity index (χ2n) is 7.68. The van der Waals surface area contributed by atoms with Crippen molar-refractivity contribution in [2.24, 2.45) is 0 Å². The van der Waals surface area contributed by atoms with Crippen LogP contribution in [-0.4, -0.2) is 61.0 Å². The van der Waals surface area contributed by atoms with E-state index >= 15 is 0 Å². The van der Waals surface area contributed by atoms with Crippen molar-refractivity contribution in [2.75, 3.05) is 44.7 Å². The van der Waals surface area contributed by atoms with Crippen LogP contribution >= 0.6 is 0 Å². The van der Waals surface area contributed by atoms with Crippen LogP contribution in [0.15, 0.2) is 48.5 Å². The minimum Gasteiger partial charge on any atom is -0.379 e. The molecule has 0 saturated carbocycles. The van der Waals surface area contributed by atoms with Crippen LogP contribution in [-0.2, 0) is 16.1 Å². The summed E-state index contributed by atoms with van der Waals surface area (Å²) in [4.78, 5) is 29.7. The summed E-state index contributed by atoms with van der Waals surface area (Å²) in [6, 6.07) is 15.4. The predicted octanol–water partition coefficient (Wildman–Crippen LogP) is 3.32. The van der Waals surface area contributed by atoms with Crippen molar-refractivity contribution in [3.63, 3.8) is 0 Å². The highest BCUT2D eigenvalue weighted by Crippen LogP contribution is 2.15. The highest BCUT2D eigenvalue weighted by atomic mass is 16.5. The van der Waals surface area contributed by atoms with Crippen molar-refractivity contribution in [3.05, 3.63) is 65.2 Å². The first-order chi connectivity index (χ1) is 14.6. The maximum Gasteiger partial charge on any atom is 0.254 e. The predicted molar refractivity (Wildman–Crippen MR) is 119 cm³/mol. The molecule has 6 heteroatoms. The van der Waals surface area contributed by atoms with Crippen LogP contribution in [0.25, 0.3) is 0 Å². The molecule has 3 rings (SSSR count). The molecule has 1 saturated heterocycles. The van der Waals surface area contributed by atoms with Crippen LogP contribution in [0.3, 0.4) is 0 Å². The standard InChI is InChI=1S/C24H31N3O3/c1-3-11-27(18-23(28)25-22-10-5-4-7-19(22)2)24(29)21-9-6-8-20(16-21)17-26-12-14-30-15-13-26/h4-10,16H,3,11-15,17-18H2,1-2H3,(H,25,28). The largest absolute Gasteiger partial charge is 0.379 e. The Labute approximate surface area is 178 Å². The lowest BCUT2D eigenvalue weighted by Crippen LogP contribution is -2.38. The number of aryl methyl sites for hydroxylation is 1. The number of benzene rings is 2. The van der Waals surface area contributed by atoms with Crippen LogP contribution in [0.2, 0.25) is 0 Å². The van der Waals surface area contributed by atoms with Crippen molar-refractivity contribution >= 4 is 17.5 Å². The van der Waals surface area contributed by atoms with Gasteiger partial charge in [-0.2, -0.15) is 0 Å². The Kier molecular flexibility index (Phi) is 7.99. The lowest BCUT2D eigenvalue weighted by atomic mass is 10.1. The van der Waals surface area contributed by atoms with E-state index in [0.29, 0.717) is 12.1 Å². The molecule has 0 bridgehead atoms. The summed E-state index contributed by atoms with van der Waals surface area (Å²) in [5.74, 6) is -0.295. The molecular weight excluding hydrogens is 378 g/mol. The smallest absolute Gasteiger partial charge is 0.254 e. The number of carbonyl (C=O) groups is 2. The number of hydrogen-bond donors (Lipinski definition) is 1. The number of anilines is 1. The molecule has 1 N–H and O–H groups in total. The molecule has 1 heterocycles. The van der Waals surface area contributed by atoms with E-state index in [4.69, 9.17) is 4.74 Å². The number of carbonyl (C=O) groups excluding carboxylic acids is 2. The number of nitrogens with one attached hydrogen (secondary N) is 1. The summed E-state index contributed by atoms with van der Waals surface area (Å²) in [7, 11) is 0. The van der Waals surface area contributed by atoms with Gasteiger partial charge in [0, 0.05) is 37.4 Å². The Balaban J connectivity index is 1.66. The summed E-state index contributed by atoms with van der Waals surface area (Å²) in [6.45, 7) is 8.63. The zero-order valence-corrected chi connectivity index (χ0v) is 17.9. The first-order valence-electron chi connectivity index (χ1n) is 10.6. The molecule has 1 aliphatic rings. The van der Waals surface area contributed by atoms with E-state index in [2.05, 4.69) is 10.2 Å². The summed E-state index contributed by atoms with van der Waals surface area (Å²) in [5.41, 5.74) is 3.50. The number of ether oxygens (including phenoxy) is 1. The molecule has 0 aliphatic carbocycles. The molecular formula is C24H31N3O3. The van der Waals surface area contributed by atoms with Crippen molar-refractivity contribution < 1.29 is 14.3 Å². The summed E-state index contributed by atoms with van der Waals surface area (Å²) >= 11 is 0. The number of hydrogen-bond acceptors (Lipinski definition) is 4. The van der Waals surface area contributed by atoms with Gasteiger partial charge in [0.05, 0.1) is 13.2 Å². The van der Waals surface area contributed by atoms with Crippen LogP contribution in [0, 0.1) is 6.92 Å². The fourth-order valence-corrected chi connectivity index (χ4v) is 3.60. The van der Waals surface area contributed by atoms with Crippen LogP contribution < -0.4 is 5.32 Å². The highest BCUT2D eigenvalue weighted by Gasteiger charge is 2.19. The van der Waals surface area contributed by atoms with E-state index in [-0.39, 0.29) is 18.4 Å². The molecule has 0 aromatic heterocycles. The second kappa shape index (κ2) is 10.9. The average Bonchev–Trinajstić information content (AvgIpc) is 2.75. The van der Waals surface area contributed by atoms with Gasteiger partial charge in [-0.1, -0.05) is 37.3 Å². The van der Waals surface area contributed by atoms with Crippen molar-refractivity contribution in [1.29, 1.82) is 0 Å². The minimum absolute atomic E-state index is 0.0364. The van der Waals surface area contributed by atoms with E-state index in [0.717, 1.165) is 56.1 Å². The first kappa shape index (κ1) is 22.0. The molecule has 0 atom stereocenters. The summed E-state index contributed by atoms with van der Waals surface area (Å²) < 4.78 is 5.40. The topological polar surface area (TPSA) is 61.9 Å². The molecule has 30 heavy (non-hydrogen) atoms. The van der Waals surface area contributed by atoms with Gasteiger partial charge in [-0.05, 0) is 42.7 Å². The molecule has 0 spiro atoms. The van der Waals surface area contributed by atoms with Gasteiger partial charge >= 0.3 is 0 Å². The maximum atomic E-state index is 13.1. The number of para-hydroxylation sites is 1. The van der Waals surface area contributed by atoms with Crippen LogP contribution in [0.5, 0.6) is 0 Å². The third kappa shape index (κ3) is 6.15. The average molecular weight is 410 g/mol. The van der Waals surface area contributed by atoms with Crippen molar-refractivity contribution in [1.82, 2.24) is 9.80 Å². The van der Waals surface area contributed by atoms with Gasteiger partial charge in [-0.15, -0.1) is 0 Å². The molecule has 160 valence electrons. The molecule has 6 nitrogen and oxygen atoms in total. The molecule has 0 radical (unpaired) electrons. The third-order valence-electron chi connectivity index (χ3n) is 5.22. The quantitative estimate of drug-likeness (QED) is 0.727. The summed E-state index contributed by atoms with van der Waals surface area (Å²) in [6.07, 6.45) is 0.789. The molecule has 1 fully saturated rings. The lowest BCUT2D eigenvalue weighted by molar-refractivity contribution is -0.116. The minimum atomic E-state index is -0.185. The highest BCUT2D eigenvalue weighted by molar-refractivity contribution is 5.99. The van der Waals surface area contributed by atoms with Gasteiger partial charge in [-0.25, -0.2) is 0 Å². The molecule has 2 amide bonds. The first-order valence-corrected chi connectivity index (χ1v) is 10.6. The lowest BCUT2D eigenvalue weighted by Gasteiger charge is -2.27. The Hall–Kier alpha value is -2.70. The van der Waals surface area contributed by atoms with Crippen LogP contribution in [0.4, 0.5) is 5.69 Å². The molecule has 1 aliphatic heterocycles. The van der Waals surface area contributed by atoms with Crippen molar-refractivity contribution in [3.8, 4) is 0 Å². The van der Waals surface area contributed by atoms with E-state index in [9.17, 15) is 9.59 Å². The third-order valence-corrected chi connectivity index (χ3v) is 5.22. The van der Waals surface area contributed by atoms with Crippen LogP contribution in [0.1, 0.15) is 34.8 Å². The fourth-order valence-electron chi connectivity index (χ4n) is 3.60. The number of rotatable bonds is 8. The van der Waals surface area contributed by atoms with E-state index < -0.39 is 0 Å². The summed E-state index contributed by atoms with van der Waals surface area (Å²) in [5, 5.41) is 2.92. The van der Waals surface area contributed by atoms with E-state index in [1.807, 2.05) is 62.4 Å². The molecule has 2 aromatic rings. The number of nitrogens with zero attached hydrogens (tertiary/aromatic N) is 2. The Morgan fingerprint density at radius 2 is 1.87 bits per heavy atom. The van der Waals surface area contributed by atoms with Crippen molar-refractivity contribution in [2.45, 2.75) is 26.8 Å². The van der Waals surface area contributed by atoms with Gasteiger partial charge in [0.25, 0.3) is 5.91 Å². The Morgan fingerprint density at radius 1 is 1.10 bits per heavy atom. The van der Waals surface area contributed by atoms with Gasteiger partial charge in [-0.3, -0.25) is 14.5 Å². The monoisotopic (exact) mass is 409 g/mol. The fraction of sp³-hybridized carbons (Fsp3) is 0.417. The van der Waals surface area contributed by atoms with Gasteiger partial charge < -0.3 is 15.0 Å². The van der Waals surface area contributed by atoms with E-state index in [1.54, 1.807) is 4.90 Å². The maximum absolute atomic E-state index is 13.1. The number of amides is 2. The SMILES string of the molecule is CCCN(CC(=O)Nc1ccccc1C)C(=O)c1cccc(CN2CCOCC2)c1. The van der Waals surface area contributed by atoms with Gasteiger partial charge in [0.15, 0.2) is 0 Å². The molecule has 0 unspecified atom stereocenters. The van der Waals surface area contributed by atoms with Gasteiger partial charge in [0.2, 0.25) is 5.91 Å². The van der Waals surface area contributed by atoms with Gasteiger partial charge in [0.1, 0.15) is 6.54 Å². The Bertz CT molecular complexity index is 862. The zero-order valence-electron chi connectivity index (χ0n) is 17.9. The normalized spacial score (nSPS) is 14.3.